The number of rotatable bonds is 6. The zero-order valence-electron chi connectivity index (χ0n) is 20.5. The normalized spacial score (nSPS) is 39.0. The van der Waals surface area contributed by atoms with Gasteiger partial charge in [-0.15, -0.1) is 0 Å². The number of allylic oxidation sites excluding steroid dienone is 3. The Bertz CT molecular complexity index is 712. The number of hydrogen-bond acceptors (Lipinski definition) is 3. The van der Waals surface area contributed by atoms with E-state index in [0.29, 0.717) is 36.0 Å². The number of fused-ring (bicyclic) bond motifs is 1. The standard InChI is InChI=1S/C28H46O3/c1-18(9-10-19(2)27(4,5)31)24-13-14-25-21(8-7-15-28(24,25)6)11-12-22-16-23(29)17-26(30)20(22)3/h11-12,18-19,23-26,29-31H,3,7-10,13-17H2,1-2,4-6H3/b21-11+,22-12-/t18-,19+,23-,24-,25?,26+,28-/m1/s1. The van der Waals surface area contributed by atoms with Gasteiger partial charge in [-0.2, -0.15) is 0 Å². The van der Waals surface area contributed by atoms with E-state index in [4.69, 9.17) is 0 Å². The zero-order chi connectivity index (χ0) is 23.0. The molecule has 1 unspecified atom stereocenters. The van der Waals surface area contributed by atoms with Crippen molar-refractivity contribution in [1.82, 2.24) is 0 Å². The van der Waals surface area contributed by atoms with Crippen LogP contribution in [0.15, 0.2) is 35.5 Å². The lowest BCUT2D eigenvalue weighted by Crippen LogP contribution is -2.36. The van der Waals surface area contributed by atoms with Crippen LogP contribution >= 0.6 is 0 Å². The first-order valence-corrected chi connectivity index (χ1v) is 12.6. The van der Waals surface area contributed by atoms with Crippen molar-refractivity contribution in [3.63, 3.8) is 0 Å². The van der Waals surface area contributed by atoms with Crippen molar-refractivity contribution in [2.75, 3.05) is 0 Å². The Morgan fingerprint density at radius 3 is 2.55 bits per heavy atom. The molecule has 3 nitrogen and oxygen atoms in total. The quantitative estimate of drug-likeness (QED) is 0.488. The second kappa shape index (κ2) is 9.53. The molecule has 0 amide bonds. The van der Waals surface area contributed by atoms with Crippen LogP contribution in [0.25, 0.3) is 0 Å². The van der Waals surface area contributed by atoms with Crippen molar-refractivity contribution in [2.45, 2.75) is 110 Å². The Labute approximate surface area is 190 Å². The van der Waals surface area contributed by atoms with Gasteiger partial charge >= 0.3 is 0 Å². The second-order valence-corrected chi connectivity index (χ2v) is 11.8. The molecule has 3 aliphatic carbocycles. The fourth-order valence-electron chi connectivity index (χ4n) is 6.75. The third-order valence-electron chi connectivity index (χ3n) is 9.25. The maximum absolute atomic E-state index is 10.3. The fraction of sp³-hybridized carbons (Fsp3) is 0.786. The summed E-state index contributed by atoms with van der Waals surface area (Å²) in [5, 5.41) is 30.5. The van der Waals surface area contributed by atoms with Gasteiger partial charge in [0.05, 0.1) is 17.8 Å². The highest BCUT2D eigenvalue weighted by Gasteiger charge is 2.50. The summed E-state index contributed by atoms with van der Waals surface area (Å²) in [6, 6.07) is 0. The van der Waals surface area contributed by atoms with Crippen LogP contribution in [0.5, 0.6) is 0 Å². The molecule has 0 aromatic rings. The predicted octanol–water partition coefficient (Wildman–Crippen LogP) is 5.95. The minimum atomic E-state index is -0.618. The van der Waals surface area contributed by atoms with Crippen molar-refractivity contribution in [3.8, 4) is 0 Å². The molecule has 3 fully saturated rings. The Balaban J connectivity index is 1.71. The molecule has 0 bridgehead atoms. The molecule has 0 spiro atoms. The SMILES string of the molecule is C=C1/C(=C\C=C2/CCC[C@@]3(C)C2CC[C@@H]3[C@H](C)CC[C@H](C)C(C)(C)O)C[C@@H](O)C[C@@H]1O. The average Bonchev–Trinajstić information content (AvgIpc) is 3.04. The van der Waals surface area contributed by atoms with Crippen LogP contribution in [0.2, 0.25) is 0 Å². The Morgan fingerprint density at radius 2 is 1.87 bits per heavy atom. The summed E-state index contributed by atoms with van der Waals surface area (Å²) < 4.78 is 0. The van der Waals surface area contributed by atoms with Crippen molar-refractivity contribution >= 4 is 0 Å². The summed E-state index contributed by atoms with van der Waals surface area (Å²) in [5.74, 6) is 2.39. The van der Waals surface area contributed by atoms with Gasteiger partial charge in [0, 0.05) is 6.42 Å². The van der Waals surface area contributed by atoms with E-state index in [0.717, 1.165) is 23.5 Å². The molecule has 3 rings (SSSR count). The van der Waals surface area contributed by atoms with Crippen LogP contribution in [0, 0.1) is 29.1 Å². The molecule has 7 atom stereocenters. The molecule has 3 N–H and O–H groups in total. The van der Waals surface area contributed by atoms with Crippen LogP contribution in [-0.2, 0) is 0 Å². The largest absolute Gasteiger partial charge is 0.393 e. The lowest BCUT2D eigenvalue weighted by molar-refractivity contribution is 0.0150. The van der Waals surface area contributed by atoms with Gasteiger partial charge in [-0.05, 0) is 99.0 Å². The zero-order valence-corrected chi connectivity index (χ0v) is 20.5. The number of aliphatic hydroxyl groups is 3. The highest BCUT2D eigenvalue weighted by atomic mass is 16.3. The highest BCUT2D eigenvalue weighted by Crippen LogP contribution is 2.60. The van der Waals surface area contributed by atoms with Crippen LogP contribution in [-0.4, -0.2) is 33.1 Å². The van der Waals surface area contributed by atoms with Crippen molar-refractivity contribution < 1.29 is 15.3 Å². The first-order chi connectivity index (χ1) is 14.4. The minimum Gasteiger partial charge on any atom is -0.393 e. The van der Waals surface area contributed by atoms with E-state index in [1.807, 2.05) is 13.8 Å². The van der Waals surface area contributed by atoms with Gasteiger partial charge in [-0.3, -0.25) is 0 Å². The van der Waals surface area contributed by atoms with E-state index < -0.39 is 17.8 Å². The monoisotopic (exact) mass is 430 g/mol. The summed E-state index contributed by atoms with van der Waals surface area (Å²) in [5.41, 5.74) is 3.11. The Morgan fingerprint density at radius 1 is 1.16 bits per heavy atom. The van der Waals surface area contributed by atoms with E-state index in [9.17, 15) is 15.3 Å². The predicted molar refractivity (Wildman–Crippen MR) is 129 cm³/mol. The Kier molecular flexibility index (Phi) is 7.61. The molecule has 31 heavy (non-hydrogen) atoms. The van der Waals surface area contributed by atoms with E-state index in [1.165, 1.54) is 38.5 Å². The fourth-order valence-corrected chi connectivity index (χ4v) is 6.75. The summed E-state index contributed by atoms with van der Waals surface area (Å²) in [6.45, 7) is 15.1. The van der Waals surface area contributed by atoms with Crippen LogP contribution in [0.3, 0.4) is 0 Å². The van der Waals surface area contributed by atoms with Gasteiger partial charge in [0.1, 0.15) is 0 Å². The molecule has 0 aliphatic heterocycles. The number of aliphatic hydroxyl groups excluding tert-OH is 2. The summed E-state index contributed by atoms with van der Waals surface area (Å²) in [6.07, 6.45) is 12.9. The van der Waals surface area contributed by atoms with Crippen LogP contribution in [0.1, 0.15) is 92.4 Å². The summed E-state index contributed by atoms with van der Waals surface area (Å²) in [4.78, 5) is 0. The first-order valence-electron chi connectivity index (χ1n) is 12.6. The minimum absolute atomic E-state index is 0.322. The molecule has 0 radical (unpaired) electrons. The van der Waals surface area contributed by atoms with Gasteiger partial charge in [0.2, 0.25) is 0 Å². The molecule has 176 valence electrons. The van der Waals surface area contributed by atoms with Crippen molar-refractivity contribution in [3.05, 3.63) is 35.5 Å². The molecule has 0 saturated heterocycles. The van der Waals surface area contributed by atoms with E-state index >= 15 is 0 Å². The maximum Gasteiger partial charge on any atom is 0.0811 e. The van der Waals surface area contributed by atoms with Crippen molar-refractivity contribution in [1.29, 1.82) is 0 Å². The van der Waals surface area contributed by atoms with E-state index in [2.05, 4.69) is 39.5 Å². The maximum atomic E-state index is 10.3. The Hall–Kier alpha value is -0.900. The summed E-state index contributed by atoms with van der Waals surface area (Å²) >= 11 is 0. The first kappa shape index (κ1) is 24.7. The van der Waals surface area contributed by atoms with Gasteiger partial charge in [-0.25, -0.2) is 0 Å². The lowest BCUT2D eigenvalue weighted by atomic mass is 9.60. The van der Waals surface area contributed by atoms with E-state index in [1.54, 1.807) is 5.57 Å². The second-order valence-electron chi connectivity index (χ2n) is 11.8. The third-order valence-corrected chi connectivity index (χ3v) is 9.25. The molecule has 3 aliphatic rings. The molecular weight excluding hydrogens is 384 g/mol. The topological polar surface area (TPSA) is 60.7 Å². The third kappa shape index (κ3) is 5.37. The van der Waals surface area contributed by atoms with E-state index in [-0.39, 0.29) is 0 Å². The molecule has 3 saturated carbocycles. The van der Waals surface area contributed by atoms with Crippen molar-refractivity contribution in [2.24, 2.45) is 29.1 Å². The highest BCUT2D eigenvalue weighted by molar-refractivity contribution is 5.38. The molecule has 3 heteroatoms. The van der Waals surface area contributed by atoms with Gasteiger partial charge in [-0.1, -0.05) is 51.5 Å². The molecular formula is C28H46O3. The molecule has 0 aromatic carbocycles. The van der Waals surface area contributed by atoms with Gasteiger partial charge in [0.15, 0.2) is 0 Å². The van der Waals surface area contributed by atoms with Crippen LogP contribution < -0.4 is 0 Å². The van der Waals surface area contributed by atoms with Gasteiger partial charge < -0.3 is 15.3 Å². The smallest absolute Gasteiger partial charge is 0.0811 e. The average molecular weight is 431 g/mol. The summed E-state index contributed by atoms with van der Waals surface area (Å²) in [7, 11) is 0. The molecule has 0 aromatic heterocycles. The van der Waals surface area contributed by atoms with Crippen LogP contribution in [0.4, 0.5) is 0 Å². The van der Waals surface area contributed by atoms with Gasteiger partial charge in [0.25, 0.3) is 0 Å². The number of hydrogen-bond donors (Lipinski definition) is 3. The molecule has 0 heterocycles. The lowest BCUT2D eigenvalue weighted by Gasteiger charge is -2.44.